The van der Waals surface area contributed by atoms with Gasteiger partial charge in [0.2, 0.25) is 0 Å². The van der Waals surface area contributed by atoms with E-state index < -0.39 is 11.2 Å². The van der Waals surface area contributed by atoms with Crippen molar-refractivity contribution < 1.29 is 4.74 Å². The third kappa shape index (κ3) is 3.02. The summed E-state index contributed by atoms with van der Waals surface area (Å²) >= 11 is 6.18. The molecule has 132 valence electrons. The number of nitrogens with zero attached hydrogens (tertiary/aromatic N) is 2. The standard InChI is InChI=1S/C18H20ClN3O3/c1-4-10(2)7-8-22-15-11-5-6-13(19)16(25-3)14(11)20-9-12(15)17(23)21-18(22)24/h5-6,9-10H,4,7-8H2,1-3H3,(H,21,23,24). The summed E-state index contributed by atoms with van der Waals surface area (Å²) in [5.74, 6) is 0.910. The normalized spacial score (nSPS) is 12.6. The summed E-state index contributed by atoms with van der Waals surface area (Å²) in [7, 11) is 1.51. The van der Waals surface area contributed by atoms with E-state index in [2.05, 4.69) is 23.8 Å². The second kappa shape index (κ2) is 6.88. The molecule has 0 amide bonds. The fourth-order valence-electron chi connectivity index (χ4n) is 2.95. The van der Waals surface area contributed by atoms with Crippen LogP contribution in [0.4, 0.5) is 0 Å². The van der Waals surface area contributed by atoms with E-state index in [1.54, 1.807) is 16.7 Å². The fraction of sp³-hybridized carbons (Fsp3) is 0.389. The lowest BCUT2D eigenvalue weighted by Crippen LogP contribution is -2.31. The Hall–Kier alpha value is -2.34. The lowest BCUT2D eigenvalue weighted by molar-refractivity contribution is 0.419. The van der Waals surface area contributed by atoms with Gasteiger partial charge in [-0.15, -0.1) is 0 Å². The highest BCUT2D eigenvalue weighted by atomic mass is 35.5. The number of aryl methyl sites for hydroxylation is 1. The molecular formula is C18H20ClN3O3. The zero-order valence-corrected chi connectivity index (χ0v) is 15.2. The number of ether oxygens (including phenoxy) is 1. The zero-order valence-electron chi connectivity index (χ0n) is 14.4. The molecule has 0 aliphatic heterocycles. The molecule has 0 saturated heterocycles. The first-order chi connectivity index (χ1) is 12.0. The Bertz CT molecular complexity index is 1060. The molecule has 0 radical (unpaired) electrons. The molecule has 7 heteroatoms. The van der Waals surface area contributed by atoms with Crippen molar-refractivity contribution in [1.29, 1.82) is 0 Å². The molecule has 0 aliphatic rings. The summed E-state index contributed by atoms with van der Waals surface area (Å²) in [6.07, 6.45) is 3.34. The first-order valence-electron chi connectivity index (χ1n) is 8.26. The fourth-order valence-corrected chi connectivity index (χ4v) is 3.18. The number of hydrogen-bond donors (Lipinski definition) is 1. The van der Waals surface area contributed by atoms with Crippen LogP contribution in [-0.2, 0) is 6.54 Å². The van der Waals surface area contributed by atoms with Gasteiger partial charge >= 0.3 is 5.69 Å². The molecule has 0 saturated carbocycles. The van der Waals surface area contributed by atoms with Gasteiger partial charge in [-0.2, -0.15) is 0 Å². The Morgan fingerprint density at radius 2 is 2.08 bits per heavy atom. The lowest BCUT2D eigenvalue weighted by Gasteiger charge is -2.15. The van der Waals surface area contributed by atoms with Gasteiger partial charge in [-0.05, 0) is 24.5 Å². The maximum absolute atomic E-state index is 12.4. The largest absolute Gasteiger partial charge is 0.493 e. The predicted molar refractivity (Wildman–Crippen MR) is 99.8 cm³/mol. The molecule has 1 aromatic carbocycles. The molecule has 0 aliphatic carbocycles. The number of rotatable bonds is 5. The van der Waals surface area contributed by atoms with Gasteiger partial charge in [-0.3, -0.25) is 19.3 Å². The van der Waals surface area contributed by atoms with Gasteiger partial charge in [0.15, 0.2) is 5.75 Å². The summed E-state index contributed by atoms with van der Waals surface area (Å²) in [4.78, 5) is 31.4. The van der Waals surface area contributed by atoms with Gasteiger partial charge in [0.1, 0.15) is 5.52 Å². The van der Waals surface area contributed by atoms with E-state index in [9.17, 15) is 9.59 Å². The number of hydrogen-bond acceptors (Lipinski definition) is 4. The Morgan fingerprint density at radius 1 is 1.32 bits per heavy atom. The van der Waals surface area contributed by atoms with Gasteiger partial charge in [0.25, 0.3) is 5.56 Å². The van der Waals surface area contributed by atoms with Crippen molar-refractivity contribution in [3.05, 3.63) is 44.2 Å². The zero-order chi connectivity index (χ0) is 18.1. The topological polar surface area (TPSA) is 77.0 Å². The van der Waals surface area contributed by atoms with Crippen molar-refractivity contribution in [1.82, 2.24) is 14.5 Å². The van der Waals surface area contributed by atoms with Crippen LogP contribution in [0, 0.1) is 5.92 Å². The summed E-state index contributed by atoms with van der Waals surface area (Å²) in [6, 6.07) is 3.46. The van der Waals surface area contributed by atoms with E-state index in [-0.39, 0.29) is 0 Å². The smallest absolute Gasteiger partial charge is 0.328 e. The molecule has 0 fully saturated rings. The van der Waals surface area contributed by atoms with Crippen molar-refractivity contribution >= 4 is 33.4 Å². The minimum Gasteiger partial charge on any atom is -0.493 e. The van der Waals surface area contributed by atoms with E-state index in [4.69, 9.17) is 16.3 Å². The predicted octanol–water partition coefficient (Wildman–Crippen LogP) is 3.34. The van der Waals surface area contributed by atoms with Crippen LogP contribution < -0.4 is 16.0 Å². The van der Waals surface area contributed by atoms with Crippen LogP contribution in [0.25, 0.3) is 21.8 Å². The number of aromatic nitrogens is 3. The van der Waals surface area contributed by atoms with Crippen molar-refractivity contribution in [2.75, 3.05) is 7.11 Å². The number of methoxy groups -OCH3 is 1. The van der Waals surface area contributed by atoms with Crippen molar-refractivity contribution in [2.45, 2.75) is 33.2 Å². The van der Waals surface area contributed by atoms with Crippen molar-refractivity contribution in [3.8, 4) is 5.75 Å². The Balaban J connectivity index is 2.38. The molecule has 2 aromatic heterocycles. The molecule has 1 unspecified atom stereocenters. The van der Waals surface area contributed by atoms with Gasteiger partial charge in [0, 0.05) is 18.1 Å². The van der Waals surface area contributed by atoms with Crippen LogP contribution in [0.2, 0.25) is 5.02 Å². The first kappa shape index (κ1) is 17.5. The molecule has 1 N–H and O–H groups in total. The Kier molecular flexibility index (Phi) is 4.81. The third-order valence-electron chi connectivity index (χ3n) is 4.64. The number of H-pyrrole nitrogens is 1. The number of benzene rings is 1. The summed E-state index contributed by atoms with van der Waals surface area (Å²) < 4.78 is 6.97. The maximum atomic E-state index is 12.4. The second-order valence-electron chi connectivity index (χ2n) is 6.21. The summed E-state index contributed by atoms with van der Waals surface area (Å²) in [6.45, 7) is 4.77. The number of halogens is 1. The molecule has 2 heterocycles. The van der Waals surface area contributed by atoms with Crippen molar-refractivity contribution in [3.63, 3.8) is 0 Å². The van der Waals surface area contributed by atoms with Crippen LogP contribution in [0.15, 0.2) is 27.9 Å². The SMILES string of the molecule is CCC(C)CCn1c(=O)[nH]c(=O)c2cnc3c(OC)c(Cl)ccc3c21. The van der Waals surface area contributed by atoms with E-state index >= 15 is 0 Å². The van der Waals surface area contributed by atoms with Crippen LogP contribution in [0.5, 0.6) is 5.75 Å². The van der Waals surface area contributed by atoms with Gasteiger partial charge in [0.05, 0.1) is 23.0 Å². The van der Waals surface area contributed by atoms with Crippen molar-refractivity contribution in [2.24, 2.45) is 5.92 Å². The molecule has 25 heavy (non-hydrogen) atoms. The highest BCUT2D eigenvalue weighted by molar-refractivity contribution is 6.33. The molecule has 1 atom stereocenters. The maximum Gasteiger partial charge on any atom is 0.328 e. The number of nitrogens with one attached hydrogen (secondary N) is 1. The summed E-state index contributed by atoms with van der Waals surface area (Å²) in [5.41, 5.74) is 0.243. The van der Waals surface area contributed by atoms with Crippen LogP contribution in [0.1, 0.15) is 26.7 Å². The Labute approximate surface area is 149 Å². The molecule has 3 rings (SSSR count). The average molecular weight is 362 g/mol. The molecule has 0 spiro atoms. The second-order valence-corrected chi connectivity index (χ2v) is 6.62. The Morgan fingerprint density at radius 3 is 2.76 bits per heavy atom. The molecular weight excluding hydrogens is 342 g/mol. The van der Waals surface area contributed by atoms with E-state index in [1.165, 1.54) is 13.3 Å². The highest BCUT2D eigenvalue weighted by Crippen LogP contribution is 2.34. The average Bonchev–Trinajstić information content (AvgIpc) is 2.60. The first-order valence-corrected chi connectivity index (χ1v) is 8.63. The number of aromatic amines is 1. The van der Waals surface area contributed by atoms with Crippen LogP contribution in [-0.4, -0.2) is 21.6 Å². The van der Waals surface area contributed by atoms with E-state index in [0.29, 0.717) is 45.0 Å². The highest BCUT2D eigenvalue weighted by Gasteiger charge is 2.16. The van der Waals surface area contributed by atoms with E-state index in [1.807, 2.05) is 0 Å². The monoisotopic (exact) mass is 361 g/mol. The van der Waals surface area contributed by atoms with Gasteiger partial charge in [-0.1, -0.05) is 31.9 Å². The number of fused-ring (bicyclic) bond motifs is 3. The lowest BCUT2D eigenvalue weighted by atomic mass is 10.1. The minimum atomic E-state index is -0.442. The number of pyridine rings is 1. The van der Waals surface area contributed by atoms with Gasteiger partial charge in [-0.25, -0.2) is 4.79 Å². The summed E-state index contributed by atoms with van der Waals surface area (Å²) in [5, 5.41) is 1.48. The van der Waals surface area contributed by atoms with Crippen LogP contribution in [0.3, 0.4) is 0 Å². The minimum absolute atomic E-state index is 0.376. The molecule has 3 aromatic rings. The molecule has 6 nitrogen and oxygen atoms in total. The van der Waals surface area contributed by atoms with Crippen LogP contribution >= 0.6 is 11.6 Å². The quantitative estimate of drug-likeness (QED) is 0.707. The van der Waals surface area contributed by atoms with E-state index in [0.717, 1.165) is 12.8 Å². The van der Waals surface area contributed by atoms with Gasteiger partial charge < -0.3 is 4.74 Å². The third-order valence-corrected chi connectivity index (χ3v) is 4.94. The molecule has 0 bridgehead atoms.